The molecule has 0 unspecified atom stereocenters. The van der Waals surface area contributed by atoms with E-state index in [9.17, 15) is 0 Å². The third kappa shape index (κ3) is 3.75. The fraction of sp³-hybridized carbons (Fsp3) is 0.462. The van der Waals surface area contributed by atoms with Crippen molar-refractivity contribution in [3.8, 4) is 5.88 Å². The largest absolute Gasteiger partial charge is 0.481 e. The summed E-state index contributed by atoms with van der Waals surface area (Å²) in [5.41, 5.74) is 2.60. The summed E-state index contributed by atoms with van der Waals surface area (Å²) >= 11 is 0. The molecule has 0 saturated heterocycles. The number of pyridine rings is 1. The van der Waals surface area contributed by atoms with E-state index in [-0.39, 0.29) is 0 Å². The van der Waals surface area contributed by atoms with Gasteiger partial charge in [0, 0.05) is 31.0 Å². The zero-order valence-corrected chi connectivity index (χ0v) is 10.2. The lowest BCUT2D eigenvalue weighted by Crippen LogP contribution is -2.21. The molecule has 0 radical (unpaired) electrons. The average Bonchev–Trinajstić information content (AvgIpc) is 2.40. The number of aromatic nitrogens is 1. The van der Waals surface area contributed by atoms with Gasteiger partial charge in [0.1, 0.15) is 0 Å². The molecule has 17 heavy (non-hydrogen) atoms. The van der Waals surface area contributed by atoms with Crippen LogP contribution in [-0.4, -0.2) is 31.7 Å². The summed E-state index contributed by atoms with van der Waals surface area (Å²) in [4.78, 5) is 4.07. The molecule has 4 heteroatoms. The van der Waals surface area contributed by atoms with Crippen molar-refractivity contribution in [1.29, 1.82) is 0 Å². The summed E-state index contributed by atoms with van der Waals surface area (Å²) in [6.07, 6.45) is 6.32. The molecule has 92 valence electrons. The quantitative estimate of drug-likeness (QED) is 0.761. The highest BCUT2D eigenvalue weighted by molar-refractivity contribution is 5.45. The number of anilines is 1. The molecule has 2 rings (SSSR count). The van der Waals surface area contributed by atoms with Crippen molar-refractivity contribution in [3.63, 3.8) is 0 Å². The second-order valence-electron chi connectivity index (χ2n) is 4.08. The van der Waals surface area contributed by atoms with E-state index in [2.05, 4.69) is 21.7 Å². The molecule has 2 N–H and O–H groups in total. The molecule has 0 atom stereocenters. The standard InChI is InChI=1S/C13H19N3O/c1-17-13-10-12(5-9-16-13)15-8-4-11-2-6-14-7-3-11/h2,5,9-10,14H,3-4,6-8H2,1H3,(H,15,16). The number of nitrogens with one attached hydrogen (secondary N) is 2. The SMILES string of the molecule is COc1cc(NCCC2=CCNCC2)ccn1. The average molecular weight is 233 g/mol. The number of rotatable bonds is 5. The monoisotopic (exact) mass is 233 g/mol. The first-order valence-electron chi connectivity index (χ1n) is 6.01. The van der Waals surface area contributed by atoms with Crippen molar-refractivity contribution in [3.05, 3.63) is 30.0 Å². The highest BCUT2D eigenvalue weighted by atomic mass is 16.5. The van der Waals surface area contributed by atoms with E-state index < -0.39 is 0 Å². The van der Waals surface area contributed by atoms with Crippen LogP contribution in [0.1, 0.15) is 12.8 Å². The zero-order valence-electron chi connectivity index (χ0n) is 10.2. The molecule has 1 aromatic rings. The minimum atomic E-state index is 0.649. The Kier molecular flexibility index (Phi) is 4.38. The van der Waals surface area contributed by atoms with Crippen molar-refractivity contribution in [1.82, 2.24) is 10.3 Å². The van der Waals surface area contributed by atoms with Gasteiger partial charge < -0.3 is 15.4 Å². The Morgan fingerprint density at radius 1 is 1.53 bits per heavy atom. The lowest BCUT2D eigenvalue weighted by atomic mass is 10.1. The number of methoxy groups -OCH3 is 1. The molecule has 1 aliphatic rings. The summed E-state index contributed by atoms with van der Waals surface area (Å²) in [6, 6.07) is 3.87. The Morgan fingerprint density at radius 2 is 2.47 bits per heavy atom. The van der Waals surface area contributed by atoms with Crippen LogP contribution in [0.25, 0.3) is 0 Å². The Morgan fingerprint density at radius 3 is 3.24 bits per heavy atom. The maximum absolute atomic E-state index is 5.08. The summed E-state index contributed by atoms with van der Waals surface area (Å²) in [6.45, 7) is 3.08. The fourth-order valence-electron chi connectivity index (χ4n) is 1.90. The minimum absolute atomic E-state index is 0.649. The van der Waals surface area contributed by atoms with E-state index >= 15 is 0 Å². The van der Waals surface area contributed by atoms with Gasteiger partial charge in [0.15, 0.2) is 0 Å². The van der Waals surface area contributed by atoms with Gasteiger partial charge >= 0.3 is 0 Å². The van der Waals surface area contributed by atoms with Gasteiger partial charge in [-0.05, 0) is 25.5 Å². The zero-order chi connectivity index (χ0) is 11.9. The fourth-order valence-corrected chi connectivity index (χ4v) is 1.90. The third-order valence-corrected chi connectivity index (χ3v) is 2.88. The van der Waals surface area contributed by atoms with Crippen molar-refractivity contribution in [2.24, 2.45) is 0 Å². The molecule has 0 bridgehead atoms. The number of nitrogens with zero attached hydrogens (tertiary/aromatic N) is 1. The molecule has 4 nitrogen and oxygen atoms in total. The summed E-state index contributed by atoms with van der Waals surface area (Å²) in [5.74, 6) is 0.649. The van der Waals surface area contributed by atoms with E-state index in [1.165, 1.54) is 12.0 Å². The van der Waals surface area contributed by atoms with Gasteiger partial charge in [-0.1, -0.05) is 11.6 Å². The lowest BCUT2D eigenvalue weighted by Gasteiger charge is -2.14. The molecular weight excluding hydrogens is 214 g/mol. The Labute approximate surface area is 102 Å². The van der Waals surface area contributed by atoms with Gasteiger partial charge in [0.2, 0.25) is 5.88 Å². The molecule has 2 heterocycles. The molecule has 0 spiro atoms. The van der Waals surface area contributed by atoms with Crippen molar-refractivity contribution >= 4 is 5.69 Å². The molecule has 0 aromatic carbocycles. The molecule has 0 aliphatic carbocycles. The number of hydrogen-bond donors (Lipinski definition) is 2. The van der Waals surface area contributed by atoms with Crippen LogP contribution in [0.2, 0.25) is 0 Å². The van der Waals surface area contributed by atoms with Crippen molar-refractivity contribution < 1.29 is 4.74 Å². The van der Waals surface area contributed by atoms with Crippen molar-refractivity contribution in [2.75, 3.05) is 32.1 Å². The van der Waals surface area contributed by atoms with E-state index in [1.807, 2.05) is 12.1 Å². The maximum Gasteiger partial charge on any atom is 0.214 e. The van der Waals surface area contributed by atoms with Gasteiger partial charge in [-0.25, -0.2) is 4.98 Å². The predicted molar refractivity (Wildman–Crippen MR) is 69.5 cm³/mol. The molecule has 0 fully saturated rings. The van der Waals surface area contributed by atoms with Gasteiger partial charge in [0.25, 0.3) is 0 Å². The van der Waals surface area contributed by atoms with Crippen LogP contribution in [0, 0.1) is 0 Å². The molecule has 1 aromatic heterocycles. The van der Waals surface area contributed by atoms with Crippen LogP contribution in [-0.2, 0) is 0 Å². The number of hydrogen-bond acceptors (Lipinski definition) is 4. The van der Waals surface area contributed by atoms with E-state index in [0.717, 1.165) is 31.7 Å². The van der Waals surface area contributed by atoms with Crippen LogP contribution in [0.15, 0.2) is 30.0 Å². The van der Waals surface area contributed by atoms with Crippen LogP contribution in [0.3, 0.4) is 0 Å². The highest BCUT2D eigenvalue weighted by Crippen LogP contribution is 2.14. The first kappa shape index (κ1) is 11.9. The highest BCUT2D eigenvalue weighted by Gasteiger charge is 2.02. The minimum Gasteiger partial charge on any atom is -0.481 e. The summed E-state index contributed by atoms with van der Waals surface area (Å²) in [7, 11) is 1.63. The van der Waals surface area contributed by atoms with Crippen LogP contribution >= 0.6 is 0 Å². The first-order valence-corrected chi connectivity index (χ1v) is 6.01. The Bertz CT molecular complexity index is 390. The second kappa shape index (κ2) is 6.25. The molecule has 0 amide bonds. The van der Waals surface area contributed by atoms with Crippen LogP contribution < -0.4 is 15.4 Å². The Balaban J connectivity index is 1.79. The summed E-state index contributed by atoms with van der Waals surface area (Å²) < 4.78 is 5.08. The smallest absolute Gasteiger partial charge is 0.214 e. The van der Waals surface area contributed by atoms with E-state index in [1.54, 1.807) is 13.3 Å². The van der Waals surface area contributed by atoms with E-state index in [0.29, 0.717) is 5.88 Å². The van der Waals surface area contributed by atoms with Crippen molar-refractivity contribution in [2.45, 2.75) is 12.8 Å². The number of ether oxygens (including phenoxy) is 1. The second-order valence-corrected chi connectivity index (χ2v) is 4.08. The lowest BCUT2D eigenvalue weighted by molar-refractivity contribution is 0.398. The van der Waals surface area contributed by atoms with Crippen LogP contribution in [0.4, 0.5) is 5.69 Å². The predicted octanol–water partition coefficient (Wildman–Crippen LogP) is 1.81. The molecule has 0 saturated carbocycles. The topological polar surface area (TPSA) is 46.2 Å². The van der Waals surface area contributed by atoms with Gasteiger partial charge in [-0.2, -0.15) is 0 Å². The van der Waals surface area contributed by atoms with Gasteiger partial charge in [0.05, 0.1) is 7.11 Å². The third-order valence-electron chi connectivity index (χ3n) is 2.88. The molecular formula is C13H19N3O. The first-order chi connectivity index (χ1) is 8.38. The van der Waals surface area contributed by atoms with Crippen LogP contribution in [0.5, 0.6) is 5.88 Å². The maximum atomic E-state index is 5.08. The van der Waals surface area contributed by atoms with Gasteiger partial charge in [-0.15, -0.1) is 0 Å². The summed E-state index contributed by atoms with van der Waals surface area (Å²) in [5, 5.41) is 6.70. The Hall–Kier alpha value is -1.55. The van der Waals surface area contributed by atoms with E-state index in [4.69, 9.17) is 4.74 Å². The van der Waals surface area contributed by atoms with Gasteiger partial charge in [-0.3, -0.25) is 0 Å². The normalized spacial score (nSPS) is 15.2. The molecule has 1 aliphatic heterocycles.